The molecule has 0 aliphatic carbocycles. The first-order valence-corrected chi connectivity index (χ1v) is 9.70. The number of aryl methyl sites for hydroxylation is 1. The van der Waals surface area contributed by atoms with Crippen molar-refractivity contribution in [2.45, 2.75) is 6.92 Å². The van der Waals surface area contributed by atoms with Crippen molar-refractivity contribution in [3.05, 3.63) is 89.1 Å². The predicted octanol–water partition coefficient (Wildman–Crippen LogP) is 6.23. The van der Waals surface area contributed by atoms with Crippen LogP contribution in [-0.2, 0) is 0 Å². The van der Waals surface area contributed by atoms with E-state index < -0.39 is 8.19 Å². The Morgan fingerprint density at radius 1 is 0.960 bits per heavy atom. The van der Waals surface area contributed by atoms with Gasteiger partial charge in [-0.05, 0) is 0 Å². The molecule has 0 saturated heterocycles. The van der Waals surface area contributed by atoms with Gasteiger partial charge in [0.1, 0.15) is 0 Å². The second-order valence-electron chi connectivity index (χ2n) is 6.03. The van der Waals surface area contributed by atoms with E-state index in [1.54, 1.807) is 30.4 Å². The number of para-hydroxylation sites is 1. The average molecular weight is 354 g/mol. The Hall–Kier alpha value is -2.58. The van der Waals surface area contributed by atoms with Gasteiger partial charge >= 0.3 is 146 Å². The van der Waals surface area contributed by atoms with Gasteiger partial charge in [0, 0.05) is 0 Å². The van der Waals surface area contributed by atoms with Crippen LogP contribution >= 0.6 is 8.19 Å². The van der Waals surface area contributed by atoms with Gasteiger partial charge in [0.25, 0.3) is 0 Å². The van der Waals surface area contributed by atoms with Crippen molar-refractivity contribution in [3.63, 3.8) is 0 Å². The van der Waals surface area contributed by atoms with E-state index in [0.29, 0.717) is 17.1 Å². The fourth-order valence-electron chi connectivity index (χ4n) is 3.06. The van der Waals surface area contributed by atoms with E-state index >= 15 is 0 Å². The Bertz CT molecular complexity index is 958. The van der Waals surface area contributed by atoms with Crippen molar-refractivity contribution in [3.8, 4) is 0 Å². The minimum absolute atomic E-state index is 0.315. The third-order valence-electron chi connectivity index (χ3n) is 4.32. The second-order valence-corrected chi connectivity index (χ2v) is 7.72. The zero-order chi connectivity index (χ0) is 17.4. The molecule has 0 aromatic heterocycles. The second kappa shape index (κ2) is 6.05. The topological polar surface area (TPSA) is 15.6 Å². The maximum atomic E-state index is 14.8. The summed E-state index contributed by atoms with van der Waals surface area (Å²) in [6, 6.07) is 15.0. The van der Waals surface area contributed by atoms with Crippen LogP contribution in [0.1, 0.15) is 16.7 Å². The summed E-state index contributed by atoms with van der Waals surface area (Å²) in [5.74, 6) is 0. The van der Waals surface area contributed by atoms with Crippen LogP contribution in [0.3, 0.4) is 0 Å². The van der Waals surface area contributed by atoms with Gasteiger partial charge in [0.15, 0.2) is 0 Å². The minimum atomic E-state index is -4.97. The fourth-order valence-corrected chi connectivity index (χ4v) is 4.55. The summed E-state index contributed by atoms with van der Waals surface area (Å²) in [6.07, 6.45) is 8.83. The molecule has 2 aromatic rings. The average Bonchev–Trinajstić information content (AvgIpc) is 2.60. The van der Waals surface area contributed by atoms with Crippen LogP contribution in [0.15, 0.2) is 77.2 Å². The van der Waals surface area contributed by atoms with Gasteiger partial charge in [0.2, 0.25) is 0 Å². The number of hydrogen-bond acceptors (Lipinski definition) is 2. The molecule has 0 bridgehead atoms. The first-order valence-electron chi connectivity index (χ1n) is 8.05. The number of hydrogen-bond donors (Lipinski definition) is 0. The van der Waals surface area contributed by atoms with Gasteiger partial charge in [-0.25, -0.2) is 0 Å². The van der Waals surface area contributed by atoms with E-state index in [9.17, 15) is 8.39 Å². The van der Waals surface area contributed by atoms with Crippen molar-refractivity contribution >= 4 is 31.7 Å². The summed E-state index contributed by atoms with van der Waals surface area (Å²) in [6.45, 7) is 1.99. The number of fused-ring (bicyclic) bond motifs is 3. The van der Waals surface area contributed by atoms with Crippen molar-refractivity contribution in [2.75, 3.05) is 4.67 Å². The van der Waals surface area contributed by atoms with Gasteiger partial charge < -0.3 is 0 Å². The molecule has 0 N–H and O–H groups in total. The van der Waals surface area contributed by atoms with Crippen molar-refractivity contribution in [2.24, 2.45) is 4.76 Å². The molecule has 0 unspecified atom stereocenters. The number of rotatable bonds is 2. The van der Waals surface area contributed by atoms with E-state index in [1.807, 2.05) is 55.5 Å². The number of benzene rings is 2. The molecule has 2 aliphatic rings. The molecule has 2 heterocycles. The number of nitrogens with zero attached hydrogens (tertiary/aromatic N) is 2. The third kappa shape index (κ3) is 2.94. The van der Waals surface area contributed by atoms with Crippen LogP contribution in [0.4, 0.5) is 14.1 Å². The molecule has 0 atom stereocenters. The molecular weight excluding hydrogens is 337 g/mol. The zero-order valence-corrected chi connectivity index (χ0v) is 14.7. The summed E-state index contributed by atoms with van der Waals surface area (Å²) < 4.78 is 34.6. The summed E-state index contributed by atoms with van der Waals surface area (Å²) in [5, 5.41) is 0. The van der Waals surface area contributed by atoms with E-state index in [2.05, 4.69) is 4.76 Å². The first kappa shape index (κ1) is 15.9. The van der Waals surface area contributed by atoms with Gasteiger partial charge in [-0.2, -0.15) is 0 Å². The Morgan fingerprint density at radius 3 is 2.56 bits per heavy atom. The van der Waals surface area contributed by atoms with Crippen molar-refractivity contribution < 1.29 is 8.39 Å². The standard InChI is InChI=1S/C20H17F2N2P/c1-15-6-2-3-7-16(15)10-12-18-14-19-13-11-17-8-4-5-9-20(17)24(19)25(21,22)23-18/h2-14,25H,1H3/b12-10-. The molecule has 0 amide bonds. The molecule has 0 radical (unpaired) electrons. The van der Waals surface area contributed by atoms with Crippen LogP contribution in [0.5, 0.6) is 0 Å². The van der Waals surface area contributed by atoms with E-state index in [-0.39, 0.29) is 0 Å². The molecule has 25 heavy (non-hydrogen) atoms. The summed E-state index contributed by atoms with van der Waals surface area (Å²) in [4.78, 5) is 0. The molecule has 0 fully saturated rings. The molecule has 2 nitrogen and oxygen atoms in total. The fraction of sp³-hybridized carbons (Fsp3) is 0.0500. The Balaban J connectivity index is 1.72. The maximum absolute atomic E-state index is 14.8. The summed E-state index contributed by atoms with van der Waals surface area (Å²) >= 11 is 0. The predicted molar refractivity (Wildman–Crippen MR) is 104 cm³/mol. The zero-order valence-electron chi connectivity index (χ0n) is 13.7. The summed E-state index contributed by atoms with van der Waals surface area (Å²) in [7, 11) is -4.97. The summed E-state index contributed by atoms with van der Waals surface area (Å²) in [5.41, 5.74) is 4.23. The molecule has 0 spiro atoms. The number of allylic oxidation sites excluding steroid dienone is 3. The van der Waals surface area contributed by atoms with Gasteiger partial charge in [-0.1, -0.05) is 0 Å². The van der Waals surface area contributed by atoms with E-state index in [4.69, 9.17) is 0 Å². The Labute approximate surface area is 146 Å². The molecule has 4 rings (SSSR count). The van der Waals surface area contributed by atoms with Gasteiger partial charge in [0.05, 0.1) is 0 Å². The SMILES string of the molecule is Cc1ccccc1/C=C\C1=N[PH](F)(F)N2C(=C1)C=Cc1ccccc12. The first-order chi connectivity index (χ1) is 12.0. The number of anilines is 1. The molecule has 0 saturated carbocycles. The van der Waals surface area contributed by atoms with Crippen LogP contribution < -0.4 is 4.67 Å². The monoisotopic (exact) mass is 354 g/mol. The molecule has 126 valence electrons. The van der Waals surface area contributed by atoms with Crippen molar-refractivity contribution in [1.29, 1.82) is 0 Å². The quantitative estimate of drug-likeness (QED) is 0.584. The Morgan fingerprint density at radius 2 is 1.72 bits per heavy atom. The molecular formula is C20H17F2N2P. The van der Waals surface area contributed by atoms with Crippen LogP contribution in [0, 0.1) is 6.92 Å². The Kier molecular flexibility index (Phi) is 3.85. The third-order valence-corrected chi connectivity index (χ3v) is 5.88. The molecule has 2 aliphatic heterocycles. The van der Waals surface area contributed by atoms with Gasteiger partial charge in [-0.15, -0.1) is 0 Å². The molecule has 5 heteroatoms. The van der Waals surface area contributed by atoms with Crippen LogP contribution in [0.2, 0.25) is 0 Å². The van der Waals surface area contributed by atoms with E-state index in [1.165, 1.54) is 0 Å². The molecule has 2 aromatic carbocycles. The number of halogens is 2. The van der Waals surface area contributed by atoms with Crippen molar-refractivity contribution in [1.82, 2.24) is 0 Å². The van der Waals surface area contributed by atoms with Crippen LogP contribution in [-0.4, -0.2) is 5.71 Å². The van der Waals surface area contributed by atoms with E-state index in [0.717, 1.165) is 21.4 Å². The normalized spacial score (nSPS) is 19.1. The van der Waals surface area contributed by atoms with Crippen LogP contribution in [0.25, 0.3) is 12.2 Å². The van der Waals surface area contributed by atoms with Gasteiger partial charge in [-0.3, -0.25) is 0 Å².